The molecule has 2 rings (SSSR count). The van der Waals surface area contributed by atoms with E-state index in [9.17, 15) is 26.4 Å². The second kappa shape index (κ2) is 5.66. The van der Waals surface area contributed by atoms with Crippen LogP contribution in [0.1, 0.15) is 16.1 Å². The zero-order valence-electron chi connectivity index (χ0n) is 11.6. The number of nitrogens with two attached hydrogens (primary N) is 1. The van der Waals surface area contributed by atoms with Crippen molar-refractivity contribution in [3.8, 4) is 5.69 Å². The lowest BCUT2D eigenvalue weighted by molar-refractivity contribution is -0.143. The van der Waals surface area contributed by atoms with E-state index in [1.54, 1.807) is 5.43 Å². The van der Waals surface area contributed by atoms with Gasteiger partial charge >= 0.3 is 6.18 Å². The van der Waals surface area contributed by atoms with Crippen molar-refractivity contribution < 1.29 is 26.4 Å². The lowest BCUT2D eigenvalue weighted by Crippen LogP contribution is -2.31. The van der Waals surface area contributed by atoms with Crippen LogP contribution >= 0.6 is 0 Å². The summed E-state index contributed by atoms with van der Waals surface area (Å²) in [5.41, 5.74) is -0.495. The molecule has 1 aromatic heterocycles. The largest absolute Gasteiger partial charge is 0.434 e. The summed E-state index contributed by atoms with van der Waals surface area (Å²) in [6, 6.07) is 4.61. The Labute approximate surface area is 128 Å². The van der Waals surface area contributed by atoms with Crippen LogP contribution in [0.15, 0.2) is 35.4 Å². The lowest BCUT2D eigenvalue weighted by Gasteiger charge is -2.12. The summed E-state index contributed by atoms with van der Waals surface area (Å²) in [4.78, 5) is 11.4. The lowest BCUT2D eigenvalue weighted by atomic mass is 10.2. The molecular weight excluding hydrogens is 337 g/mol. The van der Waals surface area contributed by atoms with Crippen molar-refractivity contribution >= 4 is 15.7 Å². The van der Waals surface area contributed by atoms with Crippen LogP contribution in [0.2, 0.25) is 0 Å². The monoisotopic (exact) mass is 348 g/mol. The number of hydrogen-bond acceptors (Lipinski definition) is 5. The molecule has 0 saturated heterocycles. The van der Waals surface area contributed by atoms with Gasteiger partial charge in [0, 0.05) is 6.26 Å². The summed E-state index contributed by atoms with van der Waals surface area (Å²) in [6.07, 6.45) is -3.16. The number of amides is 1. The topological polar surface area (TPSA) is 107 Å². The highest BCUT2D eigenvalue weighted by Crippen LogP contribution is 2.33. The van der Waals surface area contributed by atoms with Crippen LogP contribution in [0, 0.1) is 0 Å². The van der Waals surface area contributed by atoms with Gasteiger partial charge in [0.05, 0.1) is 22.3 Å². The predicted octanol–water partition coefficient (Wildman–Crippen LogP) is 0.898. The van der Waals surface area contributed by atoms with Crippen LogP contribution < -0.4 is 11.3 Å². The molecule has 1 amide bonds. The molecule has 0 fully saturated rings. The number of alkyl halides is 3. The van der Waals surface area contributed by atoms with Crippen LogP contribution in [0.25, 0.3) is 5.69 Å². The molecule has 1 aromatic carbocycles. The van der Waals surface area contributed by atoms with Crippen LogP contribution in [-0.2, 0) is 16.0 Å². The first-order chi connectivity index (χ1) is 10.6. The summed E-state index contributed by atoms with van der Waals surface area (Å²) in [6.45, 7) is 0. The van der Waals surface area contributed by atoms with Gasteiger partial charge in [-0.05, 0) is 24.3 Å². The Balaban J connectivity index is 2.60. The third kappa shape index (κ3) is 3.35. The van der Waals surface area contributed by atoms with Crippen molar-refractivity contribution in [2.45, 2.75) is 11.1 Å². The molecule has 11 heteroatoms. The molecule has 0 radical (unpaired) electrons. The number of sulfone groups is 1. The molecule has 23 heavy (non-hydrogen) atoms. The number of halogens is 3. The van der Waals surface area contributed by atoms with Crippen LogP contribution in [0.5, 0.6) is 0 Å². The third-order valence-corrected chi connectivity index (χ3v) is 4.05. The summed E-state index contributed by atoms with van der Waals surface area (Å²) < 4.78 is 62.9. The maximum atomic E-state index is 13.2. The van der Waals surface area contributed by atoms with E-state index in [-0.39, 0.29) is 10.6 Å². The first kappa shape index (κ1) is 17.0. The Hall–Kier alpha value is -2.40. The van der Waals surface area contributed by atoms with Crippen molar-refractivity contribution in [1.29, 1.82) is 0 Å². The Morgan fingerprint density at radius 1 is 1.26 bits per heavy atom. The molecule has 0 aliphatic carbocycles. The predicted molar refractivity (Wildman–Crippen MR) is 73.3 cm³/mol. The van der Waals surface area contributed by atoms with Crippen LogP contribution in [0.3, 0.4) is 0 Å². The number of carbonyl (C=O) groups excluding carboxylic acids is 1. The molecule has 1 heterocycles. The van der Waals surface area contributed by atoms with E-state index in [1.165, 1.54) is 0 Å². The molecule has 0 spiro atoms. The number of hydrazine groups is 1. The zero-order chi connectivity index (χ0) is 17.4. The minimum absolute atomic E-state index is 0.0538. The Bertz CT molecular complexity index is 841. The van der Waals surface area contributed by atoms with E-state index in [4.69, 9.17) is 5.84 Å². The zero-order valence-corrected chi connectivity index (χ0v) is 12.4. The number of aromatic nitrogens is 2. The second-order valence-corrected chi connectivity index (χ2v) is 6.57. The van der Waals surface area contributed by atoms with Gasteiger partial charge in [0.25, 0.3) is 5.91 Å². The molecule has 0 bridgehead atoms. The molecule has 0 atom stereocenters. The number of rotatable bonds is 3. The number of nitrogens with zero attached hydrogens (tertiary/aromatic N) is 2. The quantitative estimate of drug-likeness (QED) is 0.487. The first-order valence-electron chi connectivity index (χ1n) is 6.02. The van der Waals surface area contributed by atoms with Gasteiger partial charge in [-0.15, -0.1) is 0 Å². The molecule has 0 unspecified atom stereocenters. The first-order valence-corrected chi connectivity index (χ1v) is 7.91. The van der Waals surface area contributed by atoms with Gasteiger partial charge in [-0.25, -0.2) is 18.9 Å². The Kier molecular flexibility index (Phi) is 4.18. The summed E-state index contributed by atoms with van der Waals surface area (Å²) in [7, 11) is -3.49. The summed E-state index contributed by atoms with van der Waals surface area (Å²) >= 11 is 0. The molecule has 0 saturated carbocycles. The molecular formula is C12H11F3N4O3S. The second-order valence-electron chi connectivity index (χ2n) is 4.56. The maximum Gasteiger partial charge on any atom is 0.434 e. The van der Waals surface area contributed by atoms with Crippen molar-refractivity contribution in [2.75, 3.05) is 6.26 Å². The van der Waals surface area contributed by atoms with Gasteiger partial charge < -0.3 is 0 Å². The fourth-order valence-electron chi connectivity index (χ4n) is 1.90. The smallest absolute Gasteiger partial charge is 0.290 e. The van der Waals surface area contributed by atoms with Crippen molar-refractivity contribution in [1.82, 2.24) is 15.2 Å². The van der Waals surface area contributed by atoms with Gasteiger partial charge in [0.2, 0.25) is 0 Å². The molecule has 2 aromatic rings. The fraction of sp³-hybridized carbons (Fsp3) is 0.167. The van der Waals surface area contributed by atoms with Gasteiger partial charge in [-0.2, -0.15) is 18.3 Å². The number of carbonyl (C=O) groups is 1. The molecule has 0 aliphatic rings. The molecule has 3 N–H and O–H groups in total. The van der Waals surface area contributed by atoms with Gasteiger partial charge in [0.1, 0.15) is 0 Å². The number of benzene rings is 1. The highest BCUT2D eigenvalue weighted by molar-refractivity contribution is 7.90. The van der Waals surface area contributed by atoms with E-state index >= 15 is 0 Å². The number of nitrogen functional groups attached to an aromatic ring is 1. The molecule has 0 aliphatic heterocycles. The number of hydrogen-bond donors (Lipinski definition) is 2. The average molecular weight is 348 g/mol. The van der Waals surface area contributed by atoms with E-state index in [1.807, 2.05) is 0 Å². The minimum atomic E-state index is -4.87. The highest BCUT2D eigenvalue weighted by Gasteiger charge is 2.40. The summed E-state index contributed by atoms with van der Waals surface area (Å²) in [5, 5.41) is 3.54. The minimum Gasteiger partial charge on any atom is -0.290 e. The van der Waals surface area contributed by atoms with E-state index in [0.29, 0.717) is 4.68 Å². The van der Waals surface area contributed by atoms with Crippen molar-refractivity contribution in [3.05, 3.63) is 41.7 Å². The van der Waals surface area contributed by atoms with Crippen LogP contribution in [0.4, 0.5) is 13.2 Å². The SMILES string of the molecule is CS(=O)(=O)c1ccc(-n2ncc(C(=O)NN)c2C(F)(F)F)cc1. The van der Waals surface area contributed by atoms with Gasteiger partial charge in [0.15, 0.2) is 15.5 Å². The van der Waals surface area contributed by atoms with Gasteiger partial charge in [-0.1, -0.05) is 0 Å². The fourth-order valence-corrected chi connectivity index (χ4v) is 2.53. The van der Waals surface area contributed by atoms with Crippen molar-refractivity contribution in [2.24, 2.45) is 5.84 Å². The normalized spacial score (nSPS) is 12.2. The highest BCUT2D eigenvalue weighted by atomic mass is 32.2. The molecule has 7 nitrogen and oxygen atoms in total. The molecule has 124 valence electrons. The number of nitrogens with one attached hydrogen (secondary N) is 1. The summed E-state index contributed by atoms with van der Waals surface area (Å²) in [5.74, 6) is 3.72. The van der Waals surface area contributed by atoms with E-state index < -0.39 is 33.2 Å². The van der Waals surface area contributed by atoms with Crippen LogP contribution in [-0.4, -0.2) is 30.4 Å². The maximum absolute atomic E-state index is 13.2. The van der Waals surface area contributed by atoms with E-state index in [0.717, 1.165) is 36.7 Å². The van der Waals surface area contributed by atoms with Crippen molar-refractivity contribution in [3.63, 3.8) is 0 Å². The Morgan fingerprint density at radius 3 is 2.26 bits per heavy atom. The van der Waals surface area contributed by atoms with E-state index in [2.05, 4.69) is 5.10 Å². The Morgan fingerprint density at radius 2 is 1.83 bits per heavy atom. The average Bonchev–Trinajstić information content (AvgIpc) is 2.90. The third-order valence-electron chi connectivity index (χ3n) is 2.92. The van der Waals surface area contributed by atoms with Gasteiger partial charge in [-0.3, -0.25) is 10.2 Å². The standard InChI is InChI=1S/C12H11F3N4O3S/c1-23(21,22)8-4-2-7(3-5-8)19-10(12(13,14)15)9(6-17-19)11(20)18-16/h2-6H,16H2,1H3,(H,18,20).